The summed E-state index contributed by atoms with van der Waals surface area (Å²) < 4.78 is 1.29. The smallest absolute Gasteiger partial charge is 0.127 e. The third kappa shape index (κ3) is 1.71. The number of nitrogens with zero attached hydrogens (tertiary/aromatic N) is 2. The Labute approximate surface area is 120 Å². The number of aryl methyl sites for hydroxylation is 1. The predicted molar refractivity (Wildman–Crippen MR) is 85.1 cm³/mol. The lowest BCUT2D eigenvalue weighted by molar-refractivity contribution is 1.24. The average Bonchev–Trinajstić information content (AvgIpc) is 2.86. The molecule has 3 heteroatoms. The number of aromatic nitrogens is 2. The summed E-state index contributed by atoms with van der Waals surface area (Å²) in [5, 5.41) is 2.38. The number of benzene rings is 2. The molecule has 2 nitrogen and oxygen atoms in total. The first-order chi connectivity index (χ1) is 9.83. The van der Waals surface area contributed by atoms with Crippen LogP contribution in [0.25, 0.3) is 31.4 Å². The largest absolute Gasteiger partial charge is 0.244 e. The Hall–Kier alpha value is -2.26. The number of hydrogen-bond donors (Lipinski definition) is 0. The minimum atomic E-state index is 1.05. The summed E-state index contributed by atoms with van der Waals surface area (Å²) in [6, 6.07) is 15.1. The zero-order chi connectivity index (χ0) is 13.5. The number of hydrogen-bond acceptors (Lipinski definition) is 3. The van der Waals surface area contributed by atoms with Gasteiger partial charge in [-0.1, -0.05) is 48.0 Å². The van der Waals surface area contributed by atoms with Crippen molar-refractivity contribution in [2.75, 3.05) is 0 Å². The highest BCUT2D eigenvalue weighted by molar-refractivity contribution is 7.26. The highest BCUT2D eigenvalue weighted by Gasteiger charge is 2.10. The van der Waals surface area contributed by atoms with Gasteiger partial charge in [-0.05, 0) is 18.1 Å². The van der Waals surface area contributed by atoms with Crippen LogP contribution in [0.2, 0.25) is 0 Å². The second-order valence-corrected chi connectivity index (χ2v) is 5.89. The van der Waals surface area contributed by atoms with Crippen LogP contribution >= 0.6 is 11.3 Å². The van der Waals surface area contributed by atoms with Crippen LogP contribution in [0.3, 0.4) is 0 Å². The van der Waals surface area contributed by atoms with E-state index in [9.17, 15) is 0 Å². The first kappa shape index (κ1) is 11.6. The fraction of sp³-hybridized carbons (Fsp3) is 0.0588. The van der Waals surface area contributed by atoms with E-state index in [1.807, 2.05) is 6.20 Å². The van der Waals surface area contributed by atoms with Crippen LogP contribution in [0, 0.1) is 6.92 Å². The van der Waals surface area contributed by atoms with Crippen molar-refractivity contribution in [2.45, 2.75) is 6.92 Å². The van der Waals surface area contributed by atoms with E-state index in [0.717, 1.165) is 10.2 Å². The third-order valence-corrected chi connectivity index (χ3v) is 4.67. The molecule has 0 aliphatic heterocycles. The van der Waals surface area contributed by atoms with Gasteiger partial charge in [-0.3, -0.25) is 0 Å². The highest BCUT2D eigenvalue weighted by atomic mass is 32.1. The molecule has 0 aliphatic carbocycles. The highest BCUT2D eigenvalue weighted by Crippen LogP contribution is 2.38. The Balaban J connectivity index is 2.10. The molecule has 0 radical (unpaired) electrons. The van der Waals surface area contributed by atoms with Crippen LogP contribution in [0.1, 0.15) is 5.56 Å². The molecule has 0 N–H and O–H groups in total. The van der Waals surface area contributed by atoms with Crippen molar-refractivity contribution < 1.29 is 0 Å². The minimum Gasteiger partial charge on any atom is -0.244 e. The molecule has 0 unspecified atom stereocenters. The maximum absolute atomic E-state index is 4.38. The van der Waals surface area contributed by atoms with Crippen LogP contribution in [0.4, 0.5) is 0 Å². The normalized spacial score (nSPS) is 11.2. The van der Waals surface area contributed by atoms with Crippen molar-refractivity contribution in [1.29, 1.82) is 0 Å². The van der Waals surface area contributed by atoms with E-state index in [0.29, 0.717) is 0 Å². The van der Waals surface area contributed by atoms with E-state index in [-0.39, 0.29) is 0 Å². The molecule has 0 spiro atoms. The number of thiophene rings is 1. The van der Waals surface area contributed by atoms with Gasteiger partial charge in [0, 0.05) is 21.7 Å². The van der Waals surface area contributed by atoms with Gasteiger partial charge in [0.15, 0.2) is 0 Å². The van der Waals surface area contributed by atoms with E-state index in [2.05, 4.69) is 59.4 Å². The Morgan fingerprint density at radius 3 is 2.80 bits per heavy atom. The third-order valence-electron chi connectivity index (χ3n) is 3.51. The molecule has 96 valence electrons. The van der Waals surface area contributed by atoms with E-state index < -0.39 is 0 Å². The fourth-order valence-electron chi connectivity index (χ4n) is 2.58. The second kappa shape index (κ2) is 4.39. The molecule has 0 saturated heterocycles. The lowest BCUT2D eigenvalue weighted by Crippen LogP contribution is -1.79. The van der Waals surface area contributed by atoms with Crippen molar-refractivity contribution in [1.82, 2.24) is 9.97 Å². The average molecular weight is 276 g/mol. The quantitative estimate of drug-likeness (QED) is 0.498. The molecule has 0 amide bonds. The van der Waals surface area contributed by atoms with Gasteiger partial charge >= 0.3 is 0 Å². The standard InChI is InChI=1S/C17H12N2S/c1-11-4-2-5-12(8-11)13-6-3-7-14-15-9-18-10-19-17(15)20-16(13)14/h2-10H,1H3. The van der Waals surface area contributed by atoms with Crippen molar-refractivity contribution in [3.8, 4) is 11.1 Å². The van der Waals surface area contributed by atoms with Gasteiger partial charge < -0.3 is 0 Å². The van der Waals surface area contributed by atoms with Gasteiger partial charge in [-0.25, -0.2) is 9.97 Å². The topological polar surface area (TPSA) is 25.8 Å². The van der Waals surface area contributed by atoms with Gasteiger partial charge in [0.05, 0.1) is 0 Å². The van der Waals surface area contributed by atoms with Gasteiger partial charge in [0.25, 0.3) is 0 Å². The van der Waals surface area contributed by atoms with Crippen molar-refractivity contribution in [3.05, 3.63) is 60.6 Å². The minimum absolute atomic E-state index is 1.05. The molecule has 4 rings (SSSR count). The van der Waals surface area contributed by atoms with E-state index in [1.54, 1.807) is 17.7 Å². The summed E-state index contributed by atoms with van der Waals surface area (Å²) in [7, 11) is 0. The predicted octanol–water partition coefficient (Wildman–Crippen LogP) is 4.82. The molecule has 0 atom stereocenters. The van der Waals surface area contributed by atoms with E-state index in [1.165, 1.54) is 26.8 Å². The molecule has 0 saturated carbocycles. The molecule has 4 aromatic rings. The van der Waals surface area contributed by atoms with Gasteiger partial charge in [-0.2, -0.15) is 0 Å². The van der Waals surface area contributed by atoms with Gasteiger partial charge in [-0.15, -0.1) is 11.3 Å². The zero-order valence-electron chi connectivity index (χ0n) is 11.0. The van der Waals surface area contributed by atoms with Crippen molar-refractivity contribution in [2.24, 2.45) is 0 Å². The summed E-state index contributed by atoms with van der Waals surface area (Å²) in [6.07, 6.45) is 3.52. The monoisotopic (exact) mass is 276 g/mol. The molecule has 0 bridgehead atoms. The number of rotatable bonds is 1. The van der Waals surface area contributed by atoms with Crippen LogP contribution in [-0.4, -0.2) is 9.97 Å². The van der Waals surface area contributed by atoms with Crippen LogP contribution in [0.15, 0.2) is 55.0 Å². The molecule has 2 aromatic carbocycles. The Bertz CT molecular complexity index is 924. The van der Waals surface area contributed by atoms with Crippen molar-refractivity contribution >= 4 is 31.6 Å². The van der Waals surface area contributed by atoms with Gasteiger partial charge in [0.1, 0.15) is 11.2 Å². The molecular formula is C17H12N2S. The van der Waals surface area contributed by atoms with Crippen LogP contribution in [0.5, 0.6) is 0 Å². The SMILES string of the molecule is Cc1cccc(-c2cccc3c2sc2ncncc23)c1. The summed E-state index contributed by atoms with van der Waals surface area (Å²) in [4.78, 5) is 9.58. The van der Waals surface area contributed by atoms with Crippen LogP contribution < -0.4 is 0 Å². The maximum atomic E-state index is 4.38. The Morgan fingerprint density at radius 2 is 1.90 bits per heavy atom. The fourth-order valence-corrected chi connectivity index (χ4v) is 3.73. The molecular weight excluding hydrogens is 264 g/mol. The van der Waals surface area contributed by atoms with Crippen LogP contribution in [-0.2, 0) is 0 Å². The Morgan fingerprint density at radius 1 is 1.00 bits per heavy atom. The van der Waals surface area contributed by atoms with Gasteiger partial charge in [0.2, 0.25) is 0 Å². The molecule has 0 fully saturated rings. The Kier molecular flexibility index (Phi) is 2.54. The molecule has 20 heavy (non-hydrogen) atoms. The summed E-state index contributed by atoms with van der Waals surface area (Å²) in [5.41, 5.74) is 3.81. The first-order valence-corrected chi connectivity index (χ1v) is 7.33. The molecule has 2 heterocycles. The molecule has 2 aromatic heterocycles. The second-order valence-electron chi connectivity index (χ2n) is 4.90. The lowest BCUT2D eigenvalue weighted by atomic mass is 10.0. The number of fused-ring (bicyclic) bond motifs is 3. The lowest BCUT2D eigenvalue weighted by Gasteiger charge is -2.04. The van der Waals surface area contributed by atoms with Crippen molar-refractivity contribution in [3.63, 3.8) is 0 Å². The summed E-state index contributed by atoms with van der Waals surface area (Å²) >= 11 is 1.74. The van der Waals surface area contributed by atoms with E-state index in [4.69, 9.17) is 0 Å². The molecule has 0 aliphatic rings. The maximum Gasteiger partial charge on any atom is 0.127 e. The van der Waals surface area contributed by atoms with E-state index >= 15 is 0 Å². The summed E-state index contributed by atoms with van der Waals surface area (Å²) in [5.74, 6) is 0. The summed E-state index contributed by atoms with van der Waals surface area (Å²) in [6.45, 7) is 2.13. The first-order valence-electron chi connectivity index (χ1n) is 6.51. The zero-order valence-corrected chi connectivity index (χ0v) is 11.8.